The van der Waals surface area contributed by atoms with E-state index >= 15 is 0 Å². The molecule has 106 valence electrons. The lowest BCUT2D eigenvalue weighted by Gasteiger charge is -2.37. The summed E-state index contributed by atoms with van der Waals surface area (Å²) in [6.45, 7) is 2.67. The largest absolute Gasteiger partial charge is 0.496 e. The summed E-state index contributed by atoms with van der Waals surface area (Å²) in [5.41, 5.74) is 1.43. The van der Waals surface area contributed by atoms with Gasteiger partial charge < -0.3 is 14.8 Å². The van der Waals surface area contributed by atoms with Crippen molar-refractivity contribution in [3.63, 3.8) is 0 Å². The topological polar surface area (TPSA) is 30.5 Å². The molecule has 1 fully saturated rings. The molecule has 0 unspecified atom stereocenters. The highest BCUT2D eigenvalue weighted by Gasteiger charge is 2.33. The summed E-state index contributed by atoms with van der Waals surface area (Å²) >= 11 is 6.12. The molecule has 0 radical (unpaired) electrons. The second-order valence-electron chi connectivity index (χ2n) is 5.28. The fourth-order valence-corrected chi connectivity index (χ4v) is 3.08. The first kappa shape index (κ1) is 14.6. The maximum Gasteiger partial charge on any atom is 0.122 e. The van der Waals surface area contributed by atoms with Crippen molar-refractivity contribution in [3.8, 4) is 5.75 Å². The minimum absolute atomic E-state index is 0.241. The van der Waals surface area contributed by atoms with E-state index in [2.05, 4.69) is 5.32 Å². The average Bonchev–Trinajstić information content (AvgIpc) is 2.40. The van der Waals surface area contributed by atoms with Crippen LogP contribution >= 0.6 is 11.6 Å². The average molecular weight is 284 g/mol. The minimum Gasteiger partial charge on any atom is -0.496 e. The van der Waals surface area contributed by atoms with Crippen LogP contribution in [0.25, 0.3) is 0 Å². The van der Waals surface area contributed by atoms with Crippen LogP contribution in [-0.2, 0) is 11.2 Å². The quantitative estimate of drug-likeness (QED) is 0.901. The number of hydrogen-bond acceptors (Lipinski definition) is 3. The van der Waals surface area contributed by atoms with Crippen LogP contribution in [0.4, 0.5) is 0 Å². The fraction of sp³-hybridized carbons (Fsp3) is 0.600. The highest BCUT2D eigenvalue weighted by molar-refractivity contribution is 6.30. The Hall–Kier alpha value is -0.770. The third kappa shape index (κ3) is 3.62. The number of hydrogen-bond donors (Lipinski definition) is 1. The van der Waals surface area contributed by atoms with Gasteiger partial charge in [-0.1, -0.05) is 11.6 Å². The third-order valence-electron chi connectivity index (χ3n) is 3.91. The van der Waals surface area contributed by atoms with Gasteiger partial charge in [0, 0.05) is 24.8 Å². The van der Waals surface area contributed by atoms with Crippen LogP contribution in [0.15, 0.2) is 18.2 Å². The van der Waals surface area contributed by atoms with E-state index in [1.807, 2.05) is 25.2 Å². The van der Waals surface area contributed by atoms with Gasteiger partial charge in [-0.2, -0.15) is 0 Å². The van der Waals surface area contributed by atoms with Gasteiger partial charge in [0.1, 0.15) is 5.75 Å². The summed E-state index contributed by atoms with van der Waals surface area (Å²) in [7, 11) is 3.72. The molecule has 1 N–H and O–H groups in total. The second kappa shape index (κ2) is 6.60. The zero-order valence-electron chi connectivity index (χ0n) is 11.7. The van der Waals surface area contributed by atoms with Crippen LogP contribution in [0.3, 0.4) is 0 Å². The third-order valence-corrected chi connectivity index (χ3v) is 4.15. The highest BCUT2D eigenvalue weighted by atomic mass is 35.5. The van der Waals surface area contributed by atoms with E-state index in [-0.39, 0.29) is 5.41 Å². The Balaban J connectivity index is 2.23. The SMILES string of the molecule is CNCC1(Cc2cc(Cl)ccc2OC)CCOCC1. The lowest BCUT2D eigenvalue weighted by molar-refractivity contribution is 0.0156. The van der Waals surface area contributed by atoms with Crippen LogP contribution in [-0.4, -0.2) is 33.9 Å². The molecule has 1 aromatic carbocycles. The van der Waals surface area contributed by atoms with Crippen molar-refractivity contribution >= 4 is 11.6 Å². The van der Waals surface area contributed by atoms with Crippen molar-refractivity contribution in [2.75, 3.05) is 33.9 Å². The molecule has 1 aliphatic heterocycles. The van der Waals surface area contributed by atoms with Gasteiger partial charge >= 0.3 is 0 Å². The first-order valence-corrected chi connectivity index (χ1v) is 7.12. The number of nitrogens with one attached hydrogen (secondary N) is 1. The molecule has 0 spiro atoms. The van der Waals surface area contributed by atoms with Gasteiger partial charge in [0.15, 0.2) is 0 Å². The predicted octanol–water partition coefficient (Wildman–Crippen LogP) is 2.91. The normalized spacial score (nSPS) is 18.3. The van der Waals surface area contributed by atoms with Crippen molar-refractivity contribution in [3.05, 3.63) is 28.8 Å². The minimum atomic E-state index is 0.241. The van der Waals surface area contributed by atoms with Crippen LogP contribution in [0, 0.1) is 5.41 Å². The summed E-state index contributed by atoms with van der Waals surface area (Å²) in [4.78, 5) is 0. The fourth-order valence-electron chi connectivity index (χ4n) is 2.88. The molecule has 19 heavy (non-hydrogen) atoms. The van der Waals surface area contributed by atoms with Gasteiger partial charge in [0.2, 0.25) is 0 Å². The van der Waals surface area contributed by atoms with Crippen LogP contribution in [0.1, 0.15) is 18.4 Å². The van der Waals surface area contributed by atoms with E-state index < -0.39 is 0 Å². The Morgan fingerprint density at radius 3 is 2.74 bits per heavy atom. The zero-order chi connectivity index (χ0) is 13.7. The molecule has 1 heterocycles. The van der Waals surface area contributed by atoms with E-state index in [1.54, 1.807) is 7.11 Å². The molecule has 4 heteroatoms. The standard InChI is InChI=1S/C15H22ClNO2/c1-17-11-15(5-7-19-8-6-15)10-12-9-13(16)3-4-14(12)18-2/h3-4,9,17H,5-8,10-11H2,1-2H3. The Morgan fingerprint density at radius 1 is 1.37 bits per heavy atom. The van der Waals surface area contributed by atoms with E-state index in [9.17, 15) is 0 Å². The summed E-state index contributed by atoms with van der Waals surface area (Å²) in [6, 6.07) is 5.84. The summed E-state index contributed by atoms with van der Waals surface area (Å²) in [6.07, 6.45) is 3.12. The van der Waals surface area contributed by atoms with E-state index in [0.717, 1.165) is 49.8 Å². The van der Waals surface area contributed by atoms with Crippen LogP contribution in [0.2, 0.25) is 5.02 Å². The molecule has 0 atom stereocenters. The van der Waals surface area contributed by atoms with Gasteiger partial charge in [-0.3, -0.25) is 0 Å². The molecular weight excluding hydrogens is 262 g/mol. The number of ether oxygens (including phenoxy) is 2. The molecule has 1 saturated heterocycles. The number of rotatable bonds is 5. The van der Waals surface area contributed by atoms with Crippen LogP contribution < -0.4 is 10.1 Å². The molecule has 1 aliphatic rings. The smallest absolute Gasteiger partial charge is 0.122 e. The van der Waals surface area contributed by atoms with Gasteiger partial charge in [-0.25, -0.2) is 0 Å². The summed E-state index contributed by atoms with van der Waals surface area (Å²) in [5.74, 6) is 0.923. The first-order chi connectivity index (χ1) is 9.19. The van der Waals surface area contributed by atoms with Crippen molar-refractivity contribution in [2.45, 2.75) is 19.3 Å². The molecule has 0 bridgehead atoms. The summed E-state index contributed by atoms with van der Waals surface area (Å²) < 4.78 is 11.0. The van der Waals surface area contributed by atoms with Crippen LogP contribution in [0.5, 0.6) is 5.75 Å². The Kier molecular flexibility index (Phi) is 5.08. The number of methoxy groups -OCH3 is 1. The predicted molar refractivity (Wildman–Crippen MR) is 78.1 cm³/mol. The van der Waals surface area contributed by atoms with E-state index in [4.69, 9.17) is 21.1 Å². The number of benzene rings is 1. The lowest BCUT2D eigenvalue weighted by Crippen LogP contribution is -2.39. The second-order valence-corrected chi connectivity index (χ2v) is 5.71. The van der Waals surface area contributed by atoms with E-state index in [1.165, 1.54) is 5.56 Å². The van der Waals surface area contributed by atoms with Crippen molar-refractivity contribution in [1.82, 2.24) is 5.32 Å². The monoisotopic (exact) mass is 283 g/mol. The molecule has 1 aromatic rings. The van der Waals surface area contributed by atoms with Gasteiger partial charge in [0.25, 0.3) is 0 Å². The zero-order valence-corrected chi connectivity index (χ0v) is 12.4. The molecule has 2 rings (SSSR count). The van der Waals surface area contributed by atoms with Crippen molar-refractivity contribution in [2.24, 2.45) is 5.41 Å². The maximum absolute atomic E-state index is 6.12. The first-order valence-electron chi connectivity index (χ1n) is 6.74. The van der Waals surface area contributed by atoms with Gasteiger partial charge in [-0.15, -0.1) is 0 Å². The highest BCUT2D eigenvalue weighted by Crippen LogP contribution is 2.37. The Labute approximate surface area is 120 Å². The van der Waals surface area contributed by atoms with Gasteiger partial charge in [0.05, 0.1) is 7.11 Å². The molecule has 0 aromatic heterocycles. The maximum atomic E-state index is 6.12. The summed E-state index contributed by atoms with van der Waals surface area (Å²) in [5, 5.41) is 4.09. The molecular formula is C15H22ClNO2. The lowest BCUT2D eigenvalue weighted by atomic mass is 9.75. The molecule has 0 aliphatic carbocycles. The van der Waals surface area contributed by atoms with Crippen molar-refractivity contribution < 1.29 is 9.47 Å². The van der Waals surface area contributed by atoms with Gasteiger partial charge in [-0.05, 0) is 55.5 Å². The molecule has 0 saturated carbocycles. The molecule has 0 amide bonds. The van der Waals surface area contributed by atoms with Crippen molar-refractivity contribution in [1.29, 1.82) is 0 Å². The Bertz CT molecular complexity index is 411. The molecule has 3 nitrogen and oxygen atoms in total. The Morgan fingerprint density at radius 2 is 2.11 bits per heavy atom. The van der Waals surface area contributed by atoms with E-state index in [0.29, 0.717) is 0 Å². The number of halogens is 1.